The maximum Gasteiger partial charge on any atom is 0.387 e. The van der Waals surface area contributed by atoms with Crippen molar-refractivity contribution in [3.05, 3.63) is 81.1 Å². The Bertz CT molecular complexity index is 1730. The smallest absolute Gasteiger partial charge is 0.387 e. The van der Waals surface area contributed by atoms with Crippen LogP contribution < -0.4 is 19.5 Å². The van der Waals surface area contributed by atoms with Gasteiger partial charge in [0.25, 0.3) is 11.8 Å². The number of pyridine rings is 1. The number of ether oxygens (including phenoxy) is 4. The van der Waals surface area contributed by atoms with Crippen molar-refractivity contribution in [1.82, 2.24) is 9.80 Å². The molecule has 50 heavy (non-hydrogen) atoms. The average Bonchev–Trinajstić information content (AvgIpc) is 3.88. The van der Waals surface area contributed by atoms with Crippen molar-refractivity contribution in [2.75, 3.05) is 57.9 Å². The van der Waals surface area contributed by atoms with Gasteiger partial charge < -0.3 is 24.3 Å². The first kappa shape index (κ1) is 35.6. The number of hydrogen-bond acceptors (Lipinski definition) is 10. The maximum absolute atomic E-state index is 13.6. The number of nitrogens with zero attached hydrogens (tertiary/aromatic N) is 3. The summed E-state index contributed by atoms with van der Waals surface area (Å²) in [4.78, 5) is 43.5. The summed E-state index contributed by atoms with van der Waals surface area (Å²) in [5, 5.41) is 13.2. The number of carbonyl (C=O) groups is 3. The Morgan fingerprint density at radius 3 is 2.50 bits per heavy atom. The molecule has 16 heteroatoms. The van der Waals surface area contributed by atoms with Gasteiger partial charge in [0.2, 0.25) is 12.4 Å². The topological polar surface area (TPSA) is 131 Å². The van der Waals surface area contributed by atoms with Gasteiger partial charge in [-0.1, -0.05) is 35.3 Å². The number of esters is 1. The van der Waals surface area contributed by atoms with Crippen LogP contribution in [0, 0.1) is 5.92 Å². The van der Waals surface area contributed by atoms with Crippen LogP contribution in [0.1, 0.15) is 50.8 Å². The fraction of sp³-hybridized carbons (Fsp3) is 0.412. The first-order valence-corrected chi connectivity index (χ1v) is 16.9. The molecular formula is C34H35Cl2F2N4O8+. The minimum absolute atomic E-state index is 0.0169. The highest BCUT2D eigenvalue weighted by molar-refractivity contribution is 6.35. The van der Waals surface area contributed by atoms with Crippen LogP contribution in [-0.4, -0.2) is 91.9 Å². The number of halogens is 4. The van der Waals surface area contributed by atoms with Gasteiger partial charge in [0, 0.05) is 48.6 Å². The van der Waals surface area contributed by atoms with E-state index in [1.165, 1.54) is 36.7 Å². The highest BCUT2D eigenvalue weighted by Gasteiger charge is 2.39. The van der Waals surface area contributed by atoms with E-state index >= 15 is 0 Å². The fourth-order valence-corrected chi connectivity index (χ4v) is 6.40. The van der Waals surface area contributed by atoms with Gasteiger partial charge in [-0.2, -0.15) is 8.78 Å². The number of rotatable bonds is 15. The summed E-state index contributed by atoms with van der Waals surface area (Å²) in [6, 6.07) is 9.01. The van der Waals surface area contributed by atoms with Gasteiger partial charge in [-0.3, -0.25) is 29.4 Å². The molecule has 0 radical (unpaired) electrons. The number of imide groups is 1. The molecule has 2 amide bonds. The third-order valence-electron chi connectivity index (χ3n) is 8.59. The number of alkyl halides is 2. The molecule has 1 aliphatic carbocycles. The molecule has 12 nitrogen and oxygen atoms in total. The number of hydrogen-bond donors (Lipinski definition) is 2. The van der Waals surface area contributed by atoms with Crippen molar-refractivity contribution in [3.8, 4) is 11.5 Å². The van der Waals surface area contributed by atoms with Crippen LogP contribution in [0.2, 0.25) is 10.0 Å². The van der Waals surface area contributed by atoms with Crippen molar-refractivity contribution in [2.45, 2.75) is 32.0 Å². The molecule has 0 spiro atoms. The van der Waals surface area contributed by atoms with E-state index in [2.05, 4.69) is 15.0 Å². The zero-order valence-electron chi connectivity index (χ0n) is 26.8. The molecule has 1 saturated carbocycles. The zero-order chi connectivity index (χ0) is 35.4. The minimum atomic E-state index is -3.11. The summed E-state index contributed by atoms with van der Waals surface area (Å²) >= 11 is 12.8. The molecule has 1 aromatic heterocycles. The molecule has 0 unspecified atom stereocenters. The Morgan fingerprint density at radius 2 is 1.80 bits per heavy atom. The maximum atomic E-state index is 13.6. The molecule has 2 fully saturated rings. The van der Waals surface area contributed by atoms with E-state index in [0.717, 1.165) is 30.8 Å². The van der Waals surface area contributed by atoms with Crippen molar-refractivity contribution < 1.29 is 52.0 Å². The quantitative estimate of drug-likeness (QED) is 0.0974. The lowest BCUT2D eigenvalue weighted by Crippen LogP contribution is -2.39. The molecule has 2 aromatic carbocycles. The molecule has 3 heterocycles. The van der Waals surface area contributed by atoms with Crippen LogP contribution in [-0.2, 0) is 20.7 Å². The van der Waals surface area contributed by atoms with Crippen molar-refractivity contribution in [2.24, 2.45) is 5.92 Å². The molecule has 1 saturated heterocycles. The number of benzene rings is 2. The predicted octanol–water partition coefficient (Wildman–Crippen LogP) is 4.78. The lowest BCUT2D eigenvalue weighted by molar-refractivity contribution is -0.904. The predicted molar refractivity (Wildman–Crippen MR) is 175 cm³/mol. The highest BCUT2D eigenvalue weighted by atomic mass is 35.5. The van der Waals surface area contributed by atoms with Crippen LogP contribution in [0.25, 0.3) is 0 Å². The Kier molecular flexibility index (Phi) is 11.2. The SMILES string of the molecule is O=C(CN1C(=O)c2cccc(NCCN3CCOCC3)c2C1=O)O[C@@H](Cc1c(Cl)c[n+](O)cc1Cl)c1ccc(OC(F)F)c(OCC2CC2)c1. The van der Waals surface area contributed by atoms with Gasteiger partial charge in [0.1, 0.15) is 22.7 Å². The van der Waals surface area contributed by atoms with Gasteiger partial charge in [0.05, 0.1) is 30.9 Å². The Morgan fingerprint density at radius 1 is 1.06 bits per heavy atom. The molecule has 3 aliphatic rings. The molecule has 1 atom stereocenters. The monoisotopic (exact) mass is 735 g/mol. The molecule has 2 aliphatic heterocycles. The molecule has 6 rings (SSSR count). The van der Waals surface area contributed by atoms with Crippen molar-refractivity contribution >= 4 is 46.7 Å². The normalized spacial score (nSPS) is 16.8. The molecular weight excluding hydrogens is 701 g/mol. The second-order valence-corrected chi connectivity index (χ2v) is 13.0. The minimum Gasteiger partial charge on any atom is -0.489 e. The zero-order valence-corrected chi connectivity index (χ0v) is 28.3. The number of carbonyl (C=O) groups excluding carboxylic acids is 3. The summed E-state index contributed by atoms with van der Waals surface area (Å²) in [7, 11) is 0. The fourth-order valence-electron chi connectivity index (χ4n) is 5.79. The first-order chi connectivity index (χ1) is 24.1. The van der Waals surface area contributed by atoms with Crippen LogP contribution in [0.15, 0.2) is 48.8 Å². The lowest BCUT2D eigenvalue weighted by atomic mass is 10.0. The summed E-state index contributed by atoms with van der Waals surface area (Å²) < 4.78 is 48.8. The van der Waals surface area contributed by atoms with E-state index in [0.29, 0.717) is 53.8 Å². The number of amides is 2. The third kappa shape index (κ3) is 8.55. The van der Waals surface area contributed by atoms with Crippen molar-refractivity contribution in [3.63, 3.8) is 0 Å². The van der Waals surface area contributed by atoms with E-state index in [-0.39, 0.29) is 45.7 Å². The summed E-state index contributed by atoms with van der Waals surface area (Å²) in [5.41, 5.74) is 1.41. The van der Waals surface area contributed by atoms with E-state index in [1.807, 2.05) is 0 Å². The van der Waals surface area contributed by atoms with Crippen LogP contribution in [0.4, 0.5) is 14.5 Å². The molecule has 2 N–H and O–H groups in total. The third-order valence-corrected chi connectivity index (χ3v) is 9.24. The largest absolute Gasteiger partial charge is 0.489 e. The molecule has 0 bridgehead atoms. The Hall–Kier alpha value is -4.24. The highest BCUT2D eigenvalue weighted by Crippen LogP contribution is 2.38. The molecule has 3 aromatic rings. The second kappa shape index (κ2) is 15.8. The van der Waals surface area contributed by atoms with Crippen LogP contribution >= 0.6 is 23.2 Å². The van der Waals surface area contributed by atoms with E-state index < -0.39 is 37.0 Å². The Labute approximate surface area is 296 Å². The van der Waals surface area contributed by atoms with Crippen LogP contribution in [0.3, 0.4) is 0 Å². The van der Waals surface area contributed by atoms with Crippen LogP contribution in [0.5, 0.6) is 11.5 Å². The number of morpholine rings is 1. The number of nitrogens with one attached hydrogen (secondary N) is 1. The summed E-state index contributed by atoms with van der Waals surface area (Å²) in [6.07, 6.45) is 3.01. The second-order valence-electron chi connectivity index (χ2n) is 12.1. The van der Waals surface area contributed by atoms with E-state index in [1.54, 1.807) is 12.1 Å². The summed E-state index contributed by atoms with van der Waals surface area (Å²) in [5.74, 6) is -2.13. The summed E-state index contributed by atoms with van der Waals surface area (Å²) in [6.45, 7) is 0.613. The Balaban J connectivity index is 1.21. The standard InChI is InChI=1S/C34H34Cl2F2N4O8/c35-24-16-41(46)17-25(36)23(24)15-28(21-6-7-27(50-34(37)38)29(14-21)48-19-20-4-5-20)49-30(43)18-42-32(44)22-2-1-3-26(31(22)33(42)45)39-8-9-40-10-12-47-13-11-40/h1-3,6-7,14,16-17,20,28,34H,4-5,8-13,15,18-19H2,(H-,39,45,46)/p+1/t28-/m0/s1. The van der Waals surface area contributed by atoms with Gasteiger partial charge in [-0.15, -0.1) is 0 Å². The van der Waals surface area contributed by atoms with Gasteiger partial charge >= 0.3 is 12.6 Å². The van der Waals surface area contributed by atoms with Gasteiger partial charge in [-0.25, -0.2) is 0 Å². The number of anilines is 1. The van der Waals surface area contributed by atoms with Crippen molar-refractivity contribution in [1.29, 1.82) is 0 Å². The average molecular weight is 737 g/mol. The van der Waals surface area contributed by atoms with Gasteiger partial charge in [0.15, 0.2) is 11.5 Å². The van der Waals surface area contributed by atoms with Gasteiger partial charge in [-0.05, 0) is 48.6 Å². The first-order valence-electron chi connectivity index (χ1n) is 16.1. The van der Waals surface area contributed by atoms with E-state index in [9.17, 15) is 28.4 Å². The molecule has 266 valence electrons. The van der Waals surface area contributed by atoms with E-state index in [4.69, 9.17) is 37.4 Å². The number of fused-ring (bicyclic) bond motifs is 1. The lowest BCUT2D eigenvalue weighted by Gasteiger charge is -2.26. The number of aromatic nitrogens is 1.